The fraction of sp³-hybridized carbons (Fsp3) is 1.00. The minimum absolute atomic E-state index is 0.185. The van der Waals surface area contributed by atoms with Crippen LogP contribution in [-0.4, -0.2) is 26.3 Å². The van der Waals surface area contributed by atoms with Crippen LogP contribution >= 0.6 is 0 Å². The van der Waals surface area contributed by atoms with E-state index in [1.807, 2.05) is 0 Å². The third kappa shape index (κ3) is 3.62. The Labute approximate surface area is 64.9 Å². The van der Waals surface area contributed by atoms with E-state index in [-0.39, 0.29) is 6.61 Å². The van der Waals surface area contributed by atoms with Gasteiger partial charge in [0.1, 0.15) is 0 Å². The SMILES string of the molecule is FC(F)OCCC1CCNC1. The molecule has 0 saturated carbocycles. The van der Waals surface area contributed by atoms with Crippen molar-refractivity contribution >= 4 is 0 Å². The number of ether oxygens (including phenoxy) is 1. The summed E-state index contributed by atoms with van der Waals surface area (Å²) in [5.74, 6) is 0.536. The number of nitrogens with one attached hydrogen (secondary N) is 1. The largest absolute Gasteiger partial charge is 0.345 e. The molecule has 0 amide bonds. The maximum Gasteiger partial charge on any atom is 0.345 e. The molecule has 0 bridgehead atoms. The van der Waals surface area contributed by atoms with Gasteiger partial charge in [-0.15, -0.1) is 0 Å². The molecule has 0 radical (unpaired) electrons. The molecule has 1 N–H and O–H groups in total. The molecule has 1 unspecified atom stereocenters. The van der Waals surface area contributed by atoms with E-state index in [1.165, 1.54) is 0 Å². The first-order valence-electron chi connectivity index (χ1n) is 3.89. The summed E-state index contributed by atoms with van der Waals surface area (Å²) in [7, 11) is 0. The number of halogens is 2. The Kier molecular flexibility index (Phi) is 3.72. The van der Waals surface area contributed by atoms with Crippen molar-refractivity contribution in [3.63, 3.8) is 0 Å². The Morgan fingerprint density at radius 2 is 2.36 bits per heavy atom. The van der Waals surface area contributed by atoms with Gasteiger partial charge in [-0.05, 0) is 31.8 Å². The monoisotopic (exact) mass is 165 g/mol. The third-order valence-electron chi connectivity index (χ3n) is 1.93. The lowest BCUT2D eigenvalue weighted by Crippen LogP contribution is -2.11. The second-order valence-corrected chi connectivity index (χ2v) is 2.78. The summed E-state index contributed by atoms with van der Waals surface area (Å²) in [6, 6.07) is 0. The quantitative estimate of drug-likeness (QED) is 0.676. The summed E-state index contributed by atoms with van der Waals surface area (Å²) in [5.41, 5.74) is 0. The lowest BCUT2D eigenvalue weighted by atomic mass is 10.1. The normalized spacial score (nSPS) is 24.8. The lowest BCUT2D eigenvalue weighted by Gasteiger charge is -2.07. The first-order valence-corrected chi connectivity index (χ1v) is 3.89. The van der Waals surface area contributed by atoms with Crippen LogP contribution in [0.15, 0.2) is 0 Å². The van der Waals surface area contributed by atoms with Crippen molar-refractivity contribution in [3.8, 4) is 0 Å². The Morgan fingerprint density at radius 3 is 2.91 bits per heavy atom. The third-order valence-corrected chi connectivity index (χ3v) is 1.93. The van der Waals surface area contributed by atoms with Gasteiger partial charge in [0, 0.05) is 0 Å². The van der Waals surface area contributed by atoms with E-state index in [9.17, 15) is 8.78 Å². The predicted octanol–water partition coefficient (Wildman–Crippen LogP) is 1.23. The van der Waals surface area contributed by atoms with Crippen LogP contribution in [0.2, 0.25) is 0 Å². The van der Waals surface area contributed by atoms with Gasteiger partial charge in [0.05, 0.1) is 6.61 Å². The van der Waals surface area contributed by atoms with Crippen molar-refractivity contribution in [2.24, 2.45) is 5.92 Å². The van der Waals surface area contributed by atoms with Crippen LogP contribution in [0, 0.1) is 5.92 Å². The highest BCUT2D eigenvalue weighted by molar-refractivity contribution is 4.70. The molecule has 0 aromatic heterocycles. The summed E-state index contributed by atoms with van der Waals surface area (Å²) in [6.45, 7) is -0.458. The molecule has 1 heterocycles. The van der Waals surface area contributed by atoms with Crippen molar-refractivity contribution in [2.45, 2.75) is 19.5 Å². The predicted molar refractivity (Wildman–Crippen MR) is 37.5 cm³/mol. The molecule has 1 atom stereocenters. The van der Waals surface area contributed by atoms with E-state index < -0.39 is 6.61 Å². The molecule has 2 nitrogen and oxygen atoms in total. The number of rotatable bonds is 4. The average molecular weight is 165 g/mol. The van der Waals surface area contributed by atoms with Crippen LogP contribution in [0.25, 0.3) is 0 Å². The zero-order valence-corrected chi connectivity index (χ0v) is 6.35. The van der Waals surface area contributed by atoms with E-state index in [0.29, 0.717) is 5.92 Å². The highest BCUT2D eigenvalue weighted by Gasteiger charge is 2.14. The van der Waals surface area contributed by atoms with Crippen molar-refractivity contribution in [1.82, 2.24) is 5.32 Å². The van der Waals surface area contributed by atoms with Crippen molar-refractivity contribution < 1.29 is 13.5 Å². The van der Waals surface area contributed by atoms with Gasteiger partial charge in [-0.2, -0.15) is 8.78 Å². The number of alkyl halides is 2. The van der Waals surface area contributed by atoms with Gasteiger partial charge in [-0.25, -0.2) is 0 Å². The summed E-state index contributed by atoms with van der Waals surface area (Å²) < 4.78 is 27.1. The van der Waals surface area contributed by atoms with Crippen LogP contribution in [-0.2, 0) is 4.74 Å². The summed E-state index contributed by atoms with van der Waals surface area (Å²) in [5, 5.41) is 3.17. The van der Waals surface area contributed by atoms with Gasteiger partial charge < -0.3 is 10.1 Å². The molecular weight excluding hydrogens is 152 g/mol. The second kappa shape index (κ2) is 4.62. The minimum Gasteiger partial charge on any atom is -0.323 e. The maximum atomic E-state index is 11.5. The Bertz CT molecular complexity index is 105. The summed E-state index contributed by atoms with van der Waals surface area (Å²) >= 11 is 0. The molecule has 4 heteroatoms. The van der Waals surface area contributed by atoms with Crippen LogP contribution < -0.4 is 5.32 Å². The van der Waals surface area contributed by atoms with Gasteiger partial charge in [0.25, 0.3) is 0 Å². The van der Waals surface area contributed by atoms with Crippen molar-refractivity contribution in [3.05, 3.63) is 0 Å². The Morgan fingerprint density at radius 1 is 1.55 bits per heavy atom. The smallest absolute Gasteiger partial charge is 0.323 e. The molecule has 0 spiro atoms. The zero-order valence-electron chi connectivity index (χ0n) is 6.35. The molecule has 1 aliphatic heterocycles. The standard InChI is InChI=1S/C7H13F2NO/c8-7(9)11-4-2-6-1-3-10-5-6/h6-7,10H,1-5H2. The van der Waals surface area contributed by atoms with Crippen molar-refractivity contribution in [2.75, 3.05) is 19.7 Å². The first kappa shape index (κ1) is 8.87. The maximum absolute atomic E-state index is 11.5. The van der Waals surface area contributed by atoms with E-state index in [4.69, 9.17) is 0 Å². The highest BCUT2D eigenvalue weighted by Crippen LogP contribution is 2.12. The molecule has 0 aromatic carbocycles. The first-order chi connectivity index (χ1) is 5.29. The van der Waals surface area contributed by atoms with Gasteiger partial charge in [-0.3, -0.25) is 0 Å². The van der Waals surface area contributed by atoms with Gasteiger partial charge in [-0.1, -0.05) is 0 Å². The lowest BCUT2D eigenvalue weighted by molar-refractivity contribution is -0.130. The molecule has 1 fully saturated rings. The minimum atomic E-state index is -2.61. The molecular formula is C7H13F2NO. The number of hydrogen-bond donors (Lipinski definition) is 1. The number of hydrogen-bond acceptors (Lipinski definition) is 2. The summed E-state index contributed by atoms with van der Waals surface area (Å²) in [6.07, 6.45) is 1.84. The van der Waals surface area contributed by atoms with Crippen molar-refractivity contribution in [1.29, 1.82) is 0 Å². The molecule has 66 valence electrons. The molecule has 11 heavy (non-hydrogen) atoms. The van der Waals surface area contributed by atoms with E-state index in [0.717, 1.165) is 25.9 Å². The van der Waals surface area contributed by atoms with E-state index >= 15 is 0 Å². The van der Waals surface area contributed by atoms with Crippen LogP contribution in [0.5, 0.6) is 0 Å². The molecule has 0 aliphatic carbocycles. The van der Waals surface area contributed by atoms with Crippen LogP contribution in [0.4, 0.5) is 8.78 Å². The van der Waals surface area contributed by atoms with Gasteiger partial charge in [0.2, 0.25) is 0 Å². The van der Waals surface area contributed by atoms with Crippen LogP contribution in [0.1, 0.15) is 12.8 Å². The Hall–Kier alpha value is -0.220. The van der Waals surface area contributed by atoms with E-state index in [2.05, 4.69) is 10.1 Å². The molecule has 1 aliphatic rings. The fourth-order valence-corrected chi connectivity index (χ4v) is 1.28. The van der Waals surface area contributed by atoms with Crippen LogP contribution in [0.3, 0.4) is 0 Å². The van der Waals surface area contributed by atoms with Gasteiger partial charge in [0.15, 0.2) is 0 Å². The molecule has 1 saturated heterocycles. The Balaban J connectivity index is 1.94. The topological polar surface area (TPSA) is 21.3 Å². The summed E-state index contributed by atoms with van der Waals surface area (Å²) in [4.78, 5) is 0. The molecule has 0 aromatic rings. The zero-order chi connectivity index (χ0) is 8.10. The highest BCUT2D eigenvalue weighted by atomic mass is 19.3. The average Bonchev–Trinajstić information content (AvgIpc) is 2.39. The second-order valence-electron chi connectivity index (χ2n) is 2.78. The fourth-order valence-electron chi connectivity index (χ4n) is 1.28. The van der Waals surface area contributed by atoms with Gasteiger partial charge >= 0.3 is 6.61 Å². The molecule has 1 rings (SSSR count). The van der Waals surface area contributed by atoms with E-state index in [1.54, 1.807) is 0 Å².